The zero-order valence-electron chi connectivity index (χ0n) is 9.97. The Bertz CT molecular complexity index is 154. The highest BCUT2D eigenvalue weighted by molar-refractivity contribution is 7.80. The van der Waals surface area contributed by atoms with Gasteiger partial charge in [-0.05, 0) is 18.6 Å². The van der Waals surface area contributed by atoms with E-state index in [-0.39, 0.29) is 0 Å². The van der Waals surface area contributed by atoms with Crippen molar-refractivity contribution in [2.75, 3.05) is 26.8 Å². The van der Waals surface area contributed by atoms with E-state index in [0.29, 0.717) is 6.61 Å². The Hall–Kier alpha value is -0.350. The van der Waals surface area contributed by atoms with Gasteiger partial charge in [0.15, 0.2) is 5.11 Å². The Morgan fingerprint density at radius 3 is 2.40 bits per heavy atom. The van der Waals surface area contributed by atoms with Gasteiger partial charge in [0, 0.05) is 20.2 Å². The Morgan fingerprint density at radius 1 is 1.07 bits per heavy atom. The summed E-state index contributed by atoms with van der Waals surface area (Å²) in [6, 6.07) is 0. The second-order valence-electron chi connectivity index (χ2n) is 3.59. The van der Waals surface area contributed by atoms with Gasteiger partial charge in [-0.1, -0.05) is 32.6 Å². The Balaban J connectivity index is 3.10. The molecule has 90 valence electrons. The maximum atomic E-state index is 5.09. The molecule has 0 aromatic rings. The van der Waals surface area contributed by atoms with Crippen molar-refractivity contribution < 1.29 is 4.74 Å². The van der Waals surface area contributed by atoms with Gasteiger partial charge in [-0.3, -0.25) is 0 Å². The van der Waals surface area contributed by atoms with Crippen LogP contribution in [0.2, 0.25) is 0 Å². The molecule has 0 aromatic heterocycles. The first-order chi connectivity index (χ1) is 7.31. The summed E-state index contributed by atoms with van der Waals surface area (Å²) < 4.78 is 4.91. The molecule has 0 aliphatic rings. The molecule has 0 radical (unpaired) electrons. The van der Waals surface area contributed by atoms with E-state index in [1.165, 1.54) is 32.1 Å². The van der Waals surface area contributed by atoms with Crippen molar-refractivity contribution in [3.05, 3.63) is 0 Å². The molecule has 2 N–H and O–H groups in total. The number of methoxy groups -OCH3 is 1. The molecule has 0 bridgehead atoms. The fourth-order valence-electron chi connectivity index (χ4n) is 1.26. The summed E-state index contributed by atoms with van der Waals surface area (Å²) in [6.07, 6.45) is 6.47. The van der Waals surface area contributed by atoms with Gasteiger partial charge in [0.25, 0.3) is 0 Å². The second-order valence-corrected chi connectivity index (χ2v) is 4.00. The van der Waals surface area contributed by atoms with Crippen LogP contribution in [-0.2, 0) is 4.74 Å². The minimum atomic E-state index is 0.693. The summed E-state index contributed by atoms with van der Waals surface area (Å²) in [5, 5.41) is 7.00. The minimum Gasteiger partial charge on any atom is -0.383 e. The molecule has 0 fully saturated rings. The molecular formula is C11H24N2OS. The molecule has 0 spiro atoms. The molecule has 0 rings (SSSR count). The highest BCUT2D eigenvalue weighted by atomic mass is 32.1. The standard InChI is InChI=1S/C11H24N2OS/c1-3-4-5-6-7-8-12-11(15)13-9-10-14-2/h3-10H2,1-2H3,(H2,12,13,15). The number of ether oxygens (including phenoxy) is 1. The average Bonchev–Trinajstić information content (AvgIpc) is 2.23. The van der Waals surface area contributed by atoms with Crippen molar-refractivity contribution in [2.45, 2.75) is 39.0 Å². The van der Waals surface area contributed by atoms with E-state index in [1.807, 2.05) is 0 Å². The smallest absolute Gasteiger partial charge is 0.166 e. The van der Waals surface area contributed by atoms with Crippen molar-refractivity contribution >= 4 is 17.3 Å². The first-order valence-electron chi connectivity index (χ1n) is 5.82. The summed E-state index contributed by atoms with van der Waals surface area (Å²) in [5.74, 6) is 0. The molecule has 0 aliphatic heterocycles. The van der Waals surface area contributed by atoms with Gasteiger partial charge in [0.2, 0.25) is 0 Å². The SMILES string of the molecule is CCCCCCCNC(=S)NCCOC. The average molecular weight is 232 g/mol. The van der Waals surface area contributed by atoms with Crippen LogP contribution in [-0.4, -0.2) is 31.9 Å². The molecule has 3 nitrogen and oxygen atoms in total. The third-order valence-electron chi connectivity index (χ3n) is 2.16. The molecular weight excluding hydrogens is 208 g/mol. The summed E-state index contributed by atoms with van der Waals surface area (Å²) in [5.41, 5.74) is 0. The van der Waals surface area contributed by atoms with Crippen molar-refractivity contribution in [1.82, 2.24) is 10.6 Å². The highest BCUT2D eigenvalue weighted by Gasteiger charge is 1.93. The summed E-state index contributed by atoms with van der Waals surface area (Å²) >= 11 is 5.09. The topological polar surface area (TPSA) is 33.3 Å². The maximum absolute atomic E-state index is 5.09. The summed E-state index contributed by atoms with van der Waals surface area (Å²) in [7, 11) is 1.69. The van der Waals surface area contributed by atoms with Gasteiger partial charge in [-0.15, -0.1) is 0 Å². The fourth-order valence-corrected chi connectivity index (χ4v) is 1.46. The lowest BCUT2D eigenvalue weighted by molar-refractivity contribution is 0.204. The monoisotopic (exact) mass is 232 g/mol. The Kier molecular flexibility index (Phi) is 11.4. The molecule has 0 saturated heterocycles. The third-order valence-corrected chi connectivity index (χ3v) is 2.45. The number of hydrogen-bond donors (Lipinski definition) is 2. The lowest BCUT2D eigenvalue weighted by Crippen LogP contribution is -2.37. The van der Waals surface area contributed by atoms with Crippen LogP contribution in [0.3, 0.4) is 0 Å². The zero-order valence-corrected chi connectivity index (χ0v) is 10.8. The normalized spacial score (nSPS) is 10.0. The number of hydrogen-bond acceptors (Lipinski definition) is 2. The summed E-state index contributed by atoms with van der Waals surface area (Å²) in [4.78, 5) is 0. The molecule has 0 aromatic carbocycles. The van der Waals surface area contributed by atoms with Crippen molar-refractivity contribution in [3.63, 3.8) is 0 Å². The van der Waals surface area contributed by atoms with Crippen LogP contribution in [0, 0.1) is 0 Å². The van der Waals surface area contributed by atoms with Gasteiger partial charge in [-0.2, -0.15) is 0 Å². The van der Waals surface area contributed by atoms with E-state index >= 15 is 0 Å². The predicted octanol–water partition coefficient (Wildman–Crippen LogP) is 2.07. The van der Waals surface area contributed by atoms with E-state index in [0.717, 1.165) is 18.2 Å². The van der Waals surface area contributed by atoms with Crippen LogP contribution in [0.15, 0.2) is 0 Å². The van der Waals surface area contributed by atoms with Gasteiger partial charge in [0.05, 0.1) is 6.61 Å². The number of rotatable bonds is 9. The third kappa shape index (κ3) is 11.6. The molecule has 4 heteroatoms. The Labute approximate surface area is 99.0 Å². The first kappa shape index (κ1) is 14.6. The van der Waals surface area contributed by atoms with Crippen LogP contribution in [0.1, 0.15) is 39.0 Å². The molecule has 15 heavy (non-hydrogen) atoms. The molecule has 0 saturated carbocycles. The molecule has 0 amide bonds. The van der Waals surface area contributed by atoms with Crippen LogP contribution in [0.4, 0.5) is 0 Å². The first-order valence-corrected chi connectivity index (χ1v) is 6.22. The van der Waals surface area contributed by atoms with E-state index < -0.39 is 0 Å². The maximum Gasteiger partial charge on any atom is 0.166 e. The van der Waals surface area contributed by atoms with Crippen molar-refractivity contribution in [2.24, 2.45) is 0 Å². The highest BCUT2D eigenvalue weighted by Crippen LogP contribution is 2.00. The molecule has 0 heterocycles. The number of nitrogens with one attached hydrogen (secondary N) is 2. The largest absolute Gasteiger partial charge is 0.383 e. The molecule has 0 unspecified atom stereocenters. The van der Waals surface area contributed by atoms with Crippen LogP contribution < -0.4 is 10.6 Å². The summed E-state index contributed by atoms with van der Waals surface area (Å²) in [6.45, 7) is 4.67. The van der Waals surface area contributed by atoms with Crippen LogP contribution in [0.25, 0.3) is 0 Å². The van der Waals surface area contributed by atoms with E-state index in [2.05, 4.69) is 17.6 Å². The quantitative estimate of drug-likeness (QED) is 0.471. The number of unbranched alkanes of at least 4 members (excludes halogenated alkanes) is 4. The van der Waals surface area contributed by atoms with Crippen LogP contribution >= 0.6 is 12.2 Å². The van der Waals surface area contributed by atoms with E-state index in [1.54, 1.807) is 7.11 Å². The predicted molar refractivity (Wildman–Crippen MR) is 69.2 cm³/mol. The zero-order chi connectivity index (χ0) is 11.4. The van der Waals surface area contributed by atoms with Crippen molar-refractivity contribution in [3.8, 4) is 0 Å². The van der Waals surface area contributed by atoms with E-state index in [4.69, 9.17) is 17.0 Å². The fraction of sp³-hybridized carbons (Fsp3) is 0.909. The van der Waals surface area contributed by atoms with Gasteiger partial charge in [0.1, 0.15) is 0 Å². The molecule has 0 aliphatic carbocycles. The molecule has 0 atom stereocenters. The lowest BCUT2D eigenvalue weighted by atomic mass is 10.1. The van der Waals surface area contributed by atoms with Gasteiger partial charge >= 0.3 is 0 Å². The number of thiocarbonyl (C=S) groups is 1. The lowest BCUT2D eigenvalue weighted by Gasteiger charge is -2.09. The second kappa shape index (κ2) is 11.7. The van der Waals surface area contributed by atoms with Crippen LogP contribution in [0.5, 0.6) is 0 Å². The van der Waals surface area contributed by atoms with Gasteiger partial charge < -0.3 is 15.4 Å². The van der Waals surface area contributed by atoms with Gasteiger partial charge in [-0.25, -0.2) is 0 Å². The van der Waals surface area contributed by atoms with Crippen molar-refractivity contribution in [1.29, 1.82) is 0 Å². The Morgan fingerprint density at radius 2 is 1.73 bits per heavy atom. The minimum absolute atomic E-state index is 0.693. The van der Waals surface area contributed by atoms with E-state index in [9.17, 15) is 0 Å².